The number of hydrogen-bond acceptors (Lipinski definition) is 5. The van der Waals surface area contributed by atoms with Gasteiger partial charge in [-0.3, -0.25) is 14.4 Å². The molecule has 0 saturated carbocycles. The van der Waals surface area contributed by atoms with Crippen LogP contribution in [0.2, 0.25) is 0 Å². The van der Waals surface area contributed by atoms with E-state index in [9.17, 15) is 19.5 Å². The van der Waals surface area contributed by atoms with Crippen molar-refractivity contribution in [3.63, 3.8) is 0 Å². The van der Waals surface area contributed by atoms with Gasteiger partial charge in [0.05, 0.1) is 11.6 Å². The van der Waals surface area contributed by atoms with Crippen LogP contribution < -0.4 is 5.32 Å². The van der Waals surface area contributed by atoms with Crippen molar-refractivity contribution in [3.05, 3.63) is 71.8 Å². The van der Waals surface area contributed by atoms with E-state index in [-0.39, 0.29) is 11.8 Å². The van der Waals surface area contributed by atoms with E-state index >= 15 is 0 Å². The molecular weight excluding hydrogens is 426 g/mol. The molecule has 8 heteroatoms. The summed E-state index contributed by atoms with van der Waals surface area (Å²) in [5.41, 5.74) is 2.44. The summed E-state index contributed by atoms with van der Waals surface area (Å²) >= 11 is 4.37. The standard InChI is InChI=1S/C24H27N3O4S/c1-16(17-8-4-2-5-9-17)19(15-32)23(30)25-21-13-12-20(18-10-6-3-7-11-18)26-27(24(21)31)14-22(28)29/h2-11,16,19,21,32H,12-15H2,1H3,(H,25,30)(H,28,29)/t16-,19+,21-/m0/s1. The zero-order valence-electron chi connectivity index (χ0n) is 17.8. The predicted molar refractivity (Wildman–Crippen MR) is 126 cm³/mol. The first-order chi connectivity index (χ1) is 15.4. The molecule has 168 valence electrons. The Bertz CT molecular complexity index is 981. The number of nitrogens with zero attached hydrogens (tertiary/aromatic N) is 2. The molecule has 0 spiro atoms. The average Bonchev–Trinajstić information content (AvgIpc) is 2.94. The molecule has 32 heavy (non-hydrogen) atoms. The summed E-state index contributed by atoms with van der Waals surface area (Å²) in [5.74, 6) is -2.22. The molecule has 1 aliphatic heterocycles. The number of hydrogen-bond donors (Lipinski definition) is 3. The van der Waals surface area contributed by atoms with Crippen LogP contribution in [-0.4, -0.2) is 52.0 Å². The molecule has 2 aromatic rings. The maximum Gasteiger partial charge on any atom is 0.325 e. The van der Waals surface area contributed by atoms with Crippen LogP contribution in [0.1, 0.15) is 36.8 Å². The number of amides is 2. The number of carboxylic acid groups (broad SMARTS) is 1. The molecule has 0 radical (unpaired) electrons. The summed E-state index contributed by atoms with van der Waals surface area (Å²) in [7, 11) is 0. The number of thiol groups is 1. The normalized spacial score (nSPS) is 18.3. The van der Waals surface area contributed by atoms with E-state index in [2.05, 4.69) is 23.0 Å². The Labute approximate surface area is 192 Å². The van der Waals surface area contributed by atoms with Crippen LogP contribution in [0.25, 0.3) is 0 Å². The Hall–Kier alpha value is -3.13. The van der Waals surface area contributed by atoms with E-state index in [1.807, 2.05) is 67.6 Å². The summed E-state index contributed by atoms with van der Waals surface area (Å²) in [6.45, 7) is 1.38. The fraction of sp³-hybridized carbons (Fsp3) is 0.333. The molecule has 0 saturated heterocycles. The van der Waals surface area contributed by atoms with Crippen molar-refractivity contribution in [2.24, 2.45) is 11.0 Å². The van der Waals surface area contributed by atoms with Crippen molar-refractivity contribution < 1.29 is 19.5 Å². The number of carboxylic acids is 1. The highest BCUT2D eigenvalue weighted by Gasteiger charge is 2.34. The molecule has 2 N–H and O–H groups in total. The van der Waals surface area contributed by atoms with Gasteiger partial charge < -0.3 is 10.4 Å². The molecule has 0 aromatic heterocycles. The van der Waals surface area contributed by atoms with Crippen molar-refractivity contribution in [1.29, 1.82) is 0 Å². The van der Waals surface area contributed by atoms with Gasteiger partial charge in [-0.1, -0.05) is 67.6 Å². The van der Waals surface area contributed by atoms with E-state index in [4.69, 9.17) is 0 Å². The van der Waals surface area contributed by atoms with Crippen molar-refractivity contribution in [3.8, 4) is 0 Å². The van der Waals surface area contributed by atoms with Gasteiger partial charge in [0.2, 0.25) is 5.91 Å². The van der Waals surface area contributed by atoms with Gasteiger partial charge in [0.15, 0.2) is 0 Å². The second kappa shape index (κ2) is 10.9. The monoisotopic (exact) mass is 453 g/mol. The zero-order chi connectivity index (χ0) is 23.1. The first-order valence-electron chi connectivity index (χ1n) is 10.5. The van der Waals surface area contributed by atoms with Gasteiger partial charge in [0.25, 0.3) is 5.91 Å². The van der Waals surface area contributed by atoms with Crippen LogP contribution in [0.15, 0.2) is 65.8 Å². The second-order valence-corrected chi connectivity index (χ2v) is 8.16. The minimum absolute atomic E-state index is 0.0965. The highest BCUT2D eigenvalue weighted by Crippen LogP contribution is 2.26. The summed E-state index contributed by atoms with van der Waals surface area (Å²) < 4.78 is 0. The molecule has 1 heterocycles. The highest BCUT2D eigenvalue weighted by atomic mass is 32.1. The number of aliphatic carboxylic acids is 1. The fourth-order valence-electron chi connectivity index (χ4n) is 3.77. The molecule has 0 aliphatic carbocycles. The summed E-state index contributed by atoms with van der Waals surface area (Å²) in [6, 6.07) is 18.1. The number of benzene rings is 2. The number of carbonyl (C=O) groups is 3. The first-order valence-corrected chi connectivity index (χ1v) is 11.2. The topological polar surface area (TPSA) is 99.1 Å². The molecule has 3 rings (SSSR count). The van der Waals surface area contributed by atoms with Crippen molar-refractivity contribution >= 4 is 36.1 Å². The number of hydrazone groups is 1. The van der Waals surface area contributed by atoms with E-state index in [0.29, 0.717) is 24.3 Å². The molecule has 0 bridgehead atoms. The van der Waals surface area contributed by atoms with Crippen molar-refractivity contribution in [2.75, 3.05) is 12.3 Å². The molecule has 1 aliphatic rings. The van der Waals surface area contributed by atoms with Gasteiger partial charge >= 0.3 is 5.97 Å². The Kier molecular flexibility index (Phi) is 8.05. The van der Waals surface area contributed by atoms with Crippen LogP contribution >= 0.6 is 12.6 Å². The van der Waals surface area contributed by atoms with Crippen LogP contribution in [0.3, 0.4) is 0 Å². The number of rotatable bonds is 8. The Morgan fingerprint density at radius 3 is 2.38 bits per heavy atom. The Morgan fingerprint density at radius 1 is 1.16 bits per heavy atom. The quantitative estimate of drug-likeness (QED) is 0.535. The lowest BCUT2D eigenvalue weighted by Crippen LogP contribution is -2.49. The lowest BCUT2D eigenvalue weighted by Gasteiger charge is -2.26. The van der Waals surface area contributed by atoms with Crippen LogP contribution in [0, 0.1) is 5.92 Å². The highest BCUT2D eigenvalue weighted by molar-refractivity contribution is 7.80. The smallest absolute Gasteiger partial charge is 0.325 e. The second-order valence-electron chi connectivity index (χ2n) is 7.79. The molecule has 0 fully saturated rings. The molecule has 2 amide bonds. The lowest BCUT2D eigenvalue weighted by molar-refractivity contribution is -0.145. The summed E-state index contributed by atoms with van der Waals surface area (Å²) in [5, 5.41) is 17.4. The molecule has 3 atom stereocenters. The molecule has 7 nitrogen and oxygen atoms in total. The third-order valence-electron chi connectivity index (χ3n) is 5.63. The molecule has 0 unspecified atom stereocenters. The number of nitrogens with one attached hydrogen (secondary N) is 1. The molecule has 2 aromatic carbocycles. The van der Waals surface area contributed by atoms with Crippen LogP contribution in [0.4, 0.5) is 0 Å². The first kappa shape index (κ1) is 23.5. The minimum Gasteiger partial charge on any atom is -0.480 e. The maximum absolute atomic E-state index is 13.1. The third kappa shape index (κ3) is 5.76. The van der Waals surface area contributed by atoms with E-state index < -0.39 is 30.4 Å². The van der Waals surface area contributed by atoms with Gasteiger partial charge in [-0.25, -0.2) is 5.01 Å². The van der Waals surface area contributed by atoms with Gasteiger partial charge in [0.1, 0.15) is 12.6 Å². The maximum atomic E-state index is 13.1. The Balaban J connectivity index is 1.79. The zero-order valence-corrected chi connectivity index (χ0v) is 18.7. The van der Waals surface area contributed by atoms with Crippen molar-refractivity contribution in [2.45, 2.75) is 31.7 Å². The van der Waals surface area contributed by atoms with E-state index in [0.717, 1.165) is 16.1 Å². The van der Waals surface area contributed by atoms with Gasteiger partial charge in [-0.05, 0) is 29.9 Å². The molecular formula is C24H27N3O4S. The van der Waals surface area contributed by atoms with E-state index in [1.165, 1.54) is 0 Å². The minimum atomic E-state index is -1.17. The SMILES string of the molecule is C[C@@H](c1ccccc1)[C@@H](CS)C(=O)N[C@H]1CCC(c2ccccc2)=NN(CC(=O)O)C1=O. The summed E-state index contributed by atoms with van der Waals surface area (Å²) in [4.78, 5) is 37.5. The lowest BCUT2D eigenvalue weighted by atomic mass is 9.88. The fourth-order valence-corrected chi connectivity index (χ4v) is 4.26. The van der Waals surface area contributed by atoms with Gasteiger partial charge in [-0.2, -0.15) is 17.7 Å². The summed E-state index contributed by atoms with van der Waals surface area (Å²) in [6.07, 6.45) is 0.754. The average molecular weight is 454 g/mol. The third-order valence-corrected chi connectivity index (χ3v) is 6.03. The number of carbonyl (C=O) groups excluding carboxylic acids is 2. The van der Waals surface area contributed by atoms with Crippen LogP contribution in [-0.2, 0) is 14.4 Å². The van der Waals surface area contributed by atoms with E-state index in [1.54, 1.807) is 0 Å². The Morgan fingerprint density at radius 2 is 1.78 bits per heavy atom. The predicted octanol–water partition coefficient (Wildman–Crippen LogP) is 2.93. The van der Waals surface area contributed by atoms with Crippen molar-refractivity contribution in [1.82, 2.24) is 10.3 Å². The largest absolute Gasteiger partial charge is 0.480 e. The van der Waals surface area contributed by atoms with Gasteiger partial charge in [0, 0.05) is 5.75 Å². The van der Waals surface area contributed by atoms with Crippen LogP contribution in [0.5, 0.6) is 0 Å². The van der Waals surface area contributed by atoms with Gasteiger partial charge in [-0.15, -0.1) is 0 Å².